The molecule has 0 amide bonds. The quantitative estimate of drug-likeness (QED) is 0.689. The van der Waals surface area contributed by atoms with Gasteiger partial charge < -0.3 is 9.69 Å². The molecule has 3 heteroatoms. The summed E-state index contributed by atoms with van der Waals surface area (Å²) in [5.41, 5.74) is 1.22. The molecule has 1 saturated heterocycles. The van der Waals surface area contributed by atoms with E-state index in [-0.39, 0.29) is 5.92 Å². The number of aldehydes is 1. The van der Waals surface area contributed by atoms with Gasteiger partial charge in [-0.05, 0) is 37.5 Å². The number of hydrogen-bond donors (Lipinski definition) is 0. The van der Waals surface area contributed by atoms with Crippen LogP contribution in [0.3, 0.4) is 0 Å². The lowest BCUT2D eigenvalue weighted by Crippen LogP contribution is -2.36. The third-order valence-corrected chi connectivity index (χ3v) is 2.88. The maximum absolute atomic E-state index is 10.8. The normalized spacial score (nSPS) is 21.4. The van der Waals surface area contributed by atoms with Crippen molar-refractivity contribution >= 4 is 12.1 Å². The molecule has 15 heavy (non-hydrogen) atoms. The topological polar surface area (TPSA) is 33.2 Å². The van der Waals surface area contributed by atoms with Crippen LogP contribution in [0.5, 0.6) is 0 Å². The van der Waals surface area contributed by atoms with Gasteiger partial charge in [-0.25, -0.2) is 4.98 Å². The fraction of sp³-hybridized carbons (Fsp3) is 0.500. The van der Waals surface area contributed by atoms with Crippen LogP contribution in [0.1, 0.15) is 18.4 Å². The number of carbonyl (C=O) groups is 1. The van der Waals surface area contributed by atoms with Gasteiger partial charge in [-0.1, -0.05) is 0 Å². The first-order chi connectivity index (χ1) is 7.29. The molecule has 1 aliphatic rings. The molecule has 3 nitrogen and oxygen atoms in total. The number of carbonyl (C=O) groups excluding carboxylic acids is 1. The van der Waals surface area contributed by atoms with Crippen molar-refractivity contribution < 1.29 is 4.79 Å². The van der Waals surface area contributed by atoms with Crippen molar-refractivity contribution in [3.63, 3.8) is 0 Å². The molecule has 0 spiro atoms. The predicted octanol–water partition coefficient (Wildman–Crippen LogP) is 1.81. The smallest absolute Gasteiger partial charge is 0.128 e. The second-order valence-corrected chi connectivity index (χ2v) is 4.18. The Kier molecular flexibility index (Phi) is 2.99. The van der Waals surface area contributed by atoms with Gasteiger partial charge in [-0.3, -0.25) is 0 Å². The van der Waals surface area contributed by atoms with Crippen LogP contribution in [0, 0.1) is 12.8 Å². The SMILES string of the molecule is Cc1ccnc(N2CCCC(C=O)C2)c1. The molecule has 0 radical (unpaired) electrons. The highest BCUT2D eigenvalue weighted by Gasteiger charge is 2.19. The highest BCUT2D eigenvalue weighted by Crippen LogP contribution is 2.20. The minimum Gasteiger partial charge on any atom is -0.356 e. The molecule has 2 heterocycles. The molecule has 0 aromatic carbocycles. The van der Waals surface area contributed by atoms with Gasteiger partial charge in [0.1, 0.15) is 12.1 Å². The number of piperidine rings is 1. The first-order valence-corrected chi connectivity index (χ1v) is 5.42. The van der Waals surface area contributed by atoms with Gasteiger partial charge in [0.15, 0.2) is 0 Å². The fourth-order valence-electron chi connectivity index (χ4n) is 2.02. The van der Waals surface area contributed by atoms with E-state index in [2.05, 4.69) is 22.9 Å². The molecule has 0 aliphatic carbocycles. The van der Waals surface area contributed by atoms with E-state index in [0.717, 1.165) is 38.0 Å². The van der Waals surface area contributed by atoms with Gasteiger partial charge in [0.25, 0.3) is 0 Å². The molecule has 1 aliphatic heterocycles. The van der Waals surface area contributed by atoms with Crippen LogP contribution in [0.15, 0.2) is 18.3 Å². The first-order valence-electron chi connectivity index (χ1n) is 5.42. The van der Waals surface area contributed by atoms with Gasteiger partial charge in [0, 0.05) is 25.2 Å². The summed E-state index contributed by atoms with van der Waals surface area (Å²) in [7, 11) is 0. The lowest BCUT2D eigenvalue weighted by Gasteiger charge is -2.31. The summed E-state index contributed by atoms with van der Waals surface area (Å²) in [6.45, 7) is 3.90. The Hall–Kier alpha value is -1.38. The van der Waals surface area contributed by atoms with E-state index in [1.165, 1.54) is 5.56 Å². The van der Waals surface area contributed by atoms with E-state index in [1.54, 1.807) is 0 Å². The minimum absolute atomic E-state index is 0.182. The Morgan fingerprint density at radius 1 is 1.60 bits per heavy atom. The molecule has 1 aromatic rings. The number of aryl methyl sites for hydroxylation is 1. The van der Waals surface area contributed by atoms with Crippen LogP contribution in [-0.4, -0.2) is 24.4 Å². The maximum Gasteiger partial charge on any atom is 0.128 e. The Morgan fingerprint density at radius 3 is 3.20 bits per heavy atom. The van der Waals surface area contributed by atoms with E-state index >= 15 is 0 Å². The van der Waals surface area contributed by atoms with Gasteiger partial charge in [0.2, 0.25) is 0 Å². The van der Waals surface area contributed by atoms with Crippen LogP contribution in [-0.2, 0) is 4.79 Å². The summed E-state index contributed by atoms with van der Waals surface area (Å²) in [5.74, 6) is 1.18. The zero-order valence-electron chi connectivity index (χ0n) is 9.02. The third kappa shape index (κ3) is 2.35. The number of rotatable bonds is 2. The van der Waals surface area contributed by atoms with Crippen LogP contribution < -0.4 is 4.90 Å². The number of pyridine rings is 1. The molecule has 0 N–H and O–H groups in total. The molecule has 1 atom stereocenters. The van der Waals surface area contributed by atoms with Crippen LogP contribution >= 0.6 is 0 Å². The van der Waals surface area contributed by atoms with E-state index in [9.17, 15) is 4.79 Å². The van der Waals surface area contributed by atoms with Crippen molar-refractivity contribution in [1.82, 2.24) is 4.98 Å². The zero-order valence-corrected chi connectivity index (χ0v) is 9.02. The summed E-state index contributed by atoms with van der Waals surface area (Å²) in [6, 6.07) is 4.07. The molecule has 0 bridgehead atoms. The van der Waals surface area contributed by atoms with Gasteiger partial charge >= 0.3 is 0 Å². The van der Waals surface area contributed by atoms with Crippen molar-refractivity contribution in [2.24, 2.45) is 5.92 Å². The molecule has 0 saturated carbocycles. The summed E-state index contributed by atoms with van der Waals surface area (Å²) < 4.78 is 0. The Bertz CT molecular complexity index is 351. The monoisotopic (exact) mass is 204 g/mol. The second kappa shape index (κ2) is 4.43. The van der Waals surface area contributed by atoms with E-state index < -0.39 is 0 Å². The largest absolute Gasteiger partial charge is 0.356 e. The summed E-state index contributed by atoms with van der Waals surface area (Å²) in [6.07, 6.45) is 5.00. The van der Waals surface area contributed by atoms with Crippen LogP contribution in [0.25, 0.3) is 0 Å². The average Bonchev–Trinajstić information content (AvgIpc) is 2.29. The number of aromatic nitrogens is 1. The van der Waals surface area contributed by atoms with Crippen molar-refractivity contribution in [1.29, 1.82) is 0 Å². The van der Waals surface area contributed by atoms with Crippen molar-refractivity contribution in [3.8, 4) is 0 Å². The van der Waals surface area contributed by atoms with Crippen molar-refractivity contribution in [3.05, 3.63) is 23.9 Å². The molecule has 2 rings (SSSR count). The number of nitrogens with zero attached hydrogens (tertiary/aromatic N) is 2. The summed E-state index contributed by atoms with van der Waals surface area (Å²) >= 11 is 0. The summed E-state index contributed by atoms with van der Waals surface area (Å²) in [4.78, 5) is 17.3. The zero-order chi connectivity index (χ0) is 10.7. The third-order valence-electron chi connectivity index (χ3n) is 2.88. The fourth-order valence-corrected chi connectivity index (χ4v) is 2.02. The van der Waals surface area contributed by atoms with Crippen LogP contribution in [0.2, 0.25) is 0 Å². The Balaban J connectivity index is 2.13. The van der Waals surface area contributed by atoms with Crippen LogP contribution in [0.4, 0.5) is 5.82 Å². The van der Waals surface area contributed by atoms with E-state index in [1.807, 2.05) is 12.3 Å². The highest BCUT2D eigenvalue weighted by molar-refractivity contribution is 5.56. The number of anilines is 1. The Morgan fingerprint density at radius 2 is 2.47 bits per heavy atom. The standard InChI is InChI=1S/C12H16N2O/c1-10-4-5-13-12(7-10)14-6-2-3-11(8-14)9-15/h4-5,7,9,11H,2-3,6,8H2,1H3. The second-order valence-electron chi connectivity index (χ2n) is 4.18. The highest BCUT2D eigenvalue weighted by atomic mass is 16.1. The molecule has 1 aromatic heterocycles. The lowest BCUT2D eigenvalue weighted by molar-refractivity contribution is -0.111. The Labute approximate surface area is 90.1 Å². The van der Waals surface area contributed by atoms with Gasteiger partial charge in [0.05, 0.1) is 0 Å². The number of hydrogen-bond acceptors (Lipinski definition) is 3. The van der Waals surface area contributed by atoms with E-state index in [0.29, 0.717) is 0 Å². The molecule has 1 unspecified atom stereocenters. The van der Waals surface area contributed by atoms with Crippen molar-refractivity contribution in [2.75, 3.05) is 18.0 Å². The lowest BCUT2D eigenvalue weighted by atomic mass is 10.00. The summed E-state index contributed by atoms with van der Waals surface area (Å²) in [5, 5.41) is 0. The first kappa shape index (κ1) is 10.1. The molecule has 1 fully saturated rings. The van der Waals surface area contributed by atoms with Gasteiger partial charge in [-0.2, -0.15) is 0 Å². The predicted molar refractivity (Wildman–Crippen MR) is 60.0 cm³/mol. The molecule has 80 valence electrons. The average molecular weight is 204 g/mol. The molecular weight excluding hydrogens is 188 g/mol. The van der Waals surface area contributed by atoms with Crippen molar-refractivity contribution in [2.45, 2.75) is 19.8 Å². The molecular formula is C12H16N2O. The van der Waals surface area contributed by atoms with E-state index in [4.69, 9.17) is 0 Å². The maximum atomic E-state index is 10.8. The minimum atomic E-state index is 0.182. The van der Waals surface area contributed by atoms with Gasteiger partial charge in [-0.15, -0.1) is 0 Å².